The van der Waals surface area contributed by atoms with Crippen LogP contribution in [0.5, 0.6) is 0 Å². The van der Waals surface area contributed by atoms with Gasteiger partial charge in [0.1, 0.15) is 0 Å². The van der Waals surface area contributed by atoms with Gasteiger partial charge in [0.05, 0.1) is 0 Å². The number of amides is 2. The molecule has 0 spiro atoms. The molecule has 0 radical (unpaired) electrons. The molecular formula is C9H15NO2S. The van der Waals surface area contributed by atoms with E-state index in [9.17, 15) is 9.59 Å². The normalized spacial score (nSPS) is 22.2. The molecule has 1 aliphatic heterocycles. The van der Waals surface area contributed by atoms with Crippen LogP contribution in [0.2, 0.25) is 0 Å². The number of imide groups is 1. The van der Waals surface area contributed by atoms with E-state index in [1.54, 1.807) is 0 Å². The van der Waals surface area contributed by atoms with E-state index in [1.165, 1.54) is 4.90 Å². The van der Waals surface area contributed by atoms with Crippen molar-refractivity contribution in [3.05, 3.63) is 0 Å². The summed E-state index contributed by atoms with van der Waals surface area (Å²) in [7, 11) is 0. The molecule has 0 aromatic heterocycles. The number of rotatable bonds is 2. The summed E-state index contributed by atoms with van der Waals surface area (Å²) in [5.41, 5.74) is -0.165. The highest BCUT2D eigenvalue weighted by Crippen LogP contribution is 2.31. The van der Waals surface area contributed by atoms with Crippen LogP contribution in [0, 0.1) is 5.41 Å². The van der Waals surface area contributed by atoms with E-state index in [2.05, 4.69) is 12.6 Å². The van der Waals surface area contributed by atoms with E-state index in [4.69, 9.17) is 0 Å². The lowest BCUT2D eigenvalue weighted by molar-refractivity contribution is -0.151. The van der Waals surface area contributed by atoms with Gasteiger partial charge in [-0.2, -0.15) is 12.6 Å². The smallest absolute Gasteiger partial charge is 0.229 e. The molecule has 4 heteroatoms. The van der Waals surface area contributed by atoms with Crippen molar-refractivity contribution in [2.75, 3.05) is 12.3 Å². The second kappa shape index (κ2) is 3.70. The molecule has 13 heavy (non-hydrogen) atoms. The fourth-order valence-corrected chi connectivity index (χ4v) is 1.76. The minimum atomic E-state index is -0.165. The van der Waals surface area contributed by atoms with Crippen molar-refractivity contribution in [3.63, 3.8) is 0 Å². The second-order valence-electron chi connectivity index (χ2n) is 4.18. The van der Waals surface area contributed by atoms with E-state index in [1.807, 2.05) is 13.8 Å². The summed E-state index contributed by atoms with van der Waals surface area (Å²) < 4.78 is 0. The van der Waals surface area contributed by atoms with Crippen LogP contribution in [0.15, 0.2) is 0 Å². The Morgan fingerprint density at radius 1 is 1.31 bits per heavy atom. The predicted molar refractivity (Wildman–Crippen MR) is 53.6 cm³/mol. The van der Waals surface area contributed by atoms with E-state index in [0.29, 0.717) is 25.1 Å². The van der Waals surface area contributed by atoms with E-state index >= 15 is 0 Å². The number of carbonyl (C=O) groups is 2. The molecule has 0 unspecified atom stereocenters. The molecule has 0 atom stereocenters. The first-order valence-electron chi connectivity index (χ1n) is 4.40. The average molecular weight is 201 g/mol. The Kier molecular flexibility index (Phi) is 3.01. The first-order chi connectivity index (χ1) is 5.96. The van der Waals surface area contributed by atoms with Crippen LogP contribution in [0.4, 0.5) is 0 Å². The Balaban J connectivity index is 2.71. The Morgan fingerprint density at radius 2 is 1.77 bits per heavy atom. The first-order valence-corrected chi connectivity index (χ1v) is 5.03. The van der Waals surface area contributed by atoms with Crippen molar-refractivity contribution in [2.45, 2.75) is 26.7 Å². The van der Waals surface area contributed by atoms with Gasteiger partial charge in [-0.25, -0.2) is 0 Å². The van der Waals surface area contributed by atoms with Gasteiger partial charge in [-0.05, 0) is 5.41 Å². The van der Waals surface area contributed by atoms with Gasteiger partial charge in [-0.15, -0.1) is 0 Å². The van der Waals surface area contributed by atoms with Crippen LogP contribution in [0.3, 0.4) is 0 Å². The van der Waals surface area contributed by atoms with Crippen LogP contribution in [-0.2, 0) is 9.59 Å². The summed E-state index contributed by atoms with van der Waals surface area (Å²) in [6.07, 6.45) is 0.930. The van der Waals surface area contributed by atoms with Gasteiger partial charge >= 0.3 is 0 Å². The molecule has 1 saturated heterocycles. The quantitative estimate of drug-likeness (QED) is 0.536. The van der Waals surface area contributed by atoms with Crippen LogP contribution in [0.25, 0.3) is 0 Å². The Hall–Kier alpha value is -0.510. The maximum absolute atomic E-state index is 11.5. The number of hydrogen-bond acceptors (Lipinski definition) is 3. The number of hydrogen-bond donors (Lipinski definition) is 1. The standard InChI is InChI=1S/C9H15NO2S/c1-9(2)5-7(11)10(3-4-13)8(12)6-9/h13H,3-6H2,1-2H3. The third kappa shape index (κ3) is 2.46. The largest absolute Gasteiger partial charge is 0.282 e. The monoisotopic (exact) mass is 201 g/mol. The van der Waals surface area contributed by atoms with Crippen LogP contribution in [-0.4, -0.2) is 29.0 Å². The number of likely N-dealkylation sites (tertiary alicyclic amines) is 1. The van der Waals surface area contributed by atoms with Crippen LogP contribution >= 0.6 is 12.6 Å². The second-order valence-corrected chi connectivity index (χ2v) is 4.63. The topological polar surface area (TPSA) is 37.4 Å². The SMILES string of the molecule is CC1(C)CC(=O)N(CCS)C(=O)C1. The molecule has 1 heterocycles. The molecule has 1 aliphatic rings. The van der Waals surface area contributed by atoms with Gasteiger partial charge in [-0.1, -0.05) is 13.8 Å². The van der Waals surface area contributed by atoms with Crippen LogP contribution in [0.1, 0.15) is 26.7 Å². The predicted octanol–water partition coefficient (Wildman–Crippen LogP) is 1.09. The highest BCUT2D eigenvalue weighted by Gasteiger charge is 2.36. The highest BCUT2D eigenvalue weighted by atomic mass is 32.1. The van der Waals surface area contributed by atoms with E-state index in [0.717, 1.165) is 0 Å². The molecule has 0 saturated carbocycles. The summed E-state index contributed by atoms with van der Waals surface area (Å²) in [5, 5.41) is 0. The lowest BCUT2D eigenvalue weighted by atomic mass is 9.82. The van der Waals surface area contributed by atoms with Crippen molar-refractivity contribution < 1.29 is 9.59 Å². The lowest BCUT2D eigenvalue weighted by Gasteiger charge is -2.34. The van der Waals surface area contributed by atoms with E-state index in [-0.39, 0.29) is 17.2 Å². The molecule has 0 aromatic carbocycles. The molecule has 1 fully saturated rings. The minimum absolute atomic E-state index is 0.0599. The Labute approximate surface area is 83.9 Å². The van der Waals surface area contributed by atoms with Gasteiger partial charge in [-0.3, -0.25) is 14.5 Å². The summed E-state index contributed by atoms with van der Waals surface area (Å²) in [4.78, 5) is 24.3. The van der Waals surface area contributed by atoms with Crippen molar-refractivity contribution in [3.8, 4) is 0 Å². The third-order valence-electron chi connectivity index (χ3n) is 2.19. The molecular weight excluding hydrogens is 186 g/mol. The Bertz CT molecular complexity index is 218. The first kappa shape index (κ1) is 10.6. The molecule has 0 aliphatic carbocycles. The summed E-state index contributed by atoms with van der Waals surface area (Å²) in [5.74, 6) is 0.420. The summed E-state index contributed by atoms with van der Waals surface area (Å²) in [6.45, 7) is 4.33. The highest BCUT2D eigenvalue weighted by molar-refractivity contribution is 7.80. The van der Waals surface area contributed by atoms with Gasteiger partial charge < -0.3 is 0 Å². The number of nitrogens with zero attached hydrogens (tertiary/aromatic N) is 1. The van der Waals surface area contributed by atoms with Crippen molar-refractivity contribution in [2.24, 2.45) is 5.41 Å². The molecule has 0 aromatic rings. The average Bonchev–Trinajstić information content (AvgIpc) is 1.94. The zero-order chi connectivity index (χ0) is 10.1. The number of piperidine rings is 1. The summed E-state index contributed by atoms with van der Waals surface area (Å²) in [6, 6.07) is 0. The molecule has 0 N–H and O–H groups in total. The maximum Gasteiger partial charge on any atom is 0.229 e. The summed E-state index contributed by atoms with van der Waals surface area (Å²) >= 11 is 4.01. The molecule has 1 rings (SSSR count). The fraction of sp³-hybridized carbons (Fsp3) is 0.778. The fourth-order valence-electron chi connectivity index (χ4n) is 1.56. The molecule has 74 valence electrons. The van der Waals surface area contributed by atoms with Crippen LogP contribution < -0.4 is 0 Å². The van der Waals surface area contributed by atoms with Crippen molar-refractivity contribution in [1.29, 1.82) is 0 Å². The lowest BCUT2D eigenvalue weighted by Crippen LogP contribution is -2.46. The number of thiol groups is 1. The zero-order valence-corrected chi connectivity index (χ0v) is 8.93. The molecule has 3 nitrogen and oxygen atoms in total. The van der Waals surface area contributed by atoms with Gasteiger partial charge in [0.15, 0.2) is 0 Å². The minimum Gasteiger partial charge on any atom is -0.282 e. The Morgan fingerprint density at radius 3 is 2.15 bits per heavy atom. The molecule has 2 amide bonds. The van der Waals surface area contributed by atoms with Gasteiger partial charge in [0, 0.05) is 25.1 Å². The number of carbonyl (C=O) groups excluding carboxylic acids is 2. The van der Waals surface area contributed by atoms with Crippen molar-refractivity contribution in [1.82, 2.24) is 4.90 Å². The van der Waals surface area contributed by atoms with Gasteiger partial charge in [0.2, 0.25) is 11.8 Å². The molecule has 0 bridgehead atoms. The third-order valence-corrected chi connectivity index (χ3v) is 2.39. The maximum atomic E-state index is 11.5. The zero-order valence-electron chi connectivity index (χ0n) is 8.04. The van der Waals surface area contributed by atoms with E-state index < -0.39 is 0 Å². The van der Waals surface area contributed by atoms with Crippen molar-refractivity contribution >= 4 is 24.4 Å². The van der Waals surface area contributed by atoms with Gasteiger partial charge in [0.25, 0.3) is 0 Å².